The first-order valence-electron chi connectivity index (χ1n) is 8.77. The molecule has 0 radical (unpaired) electrons. The quantitative estimate of drug-likeness (QED) is 0.868. The highest BCUT2D eigenvalue weighted by atomic mass is 16.5. The minimum absolute atomic E-state index is 0.0486. The second kappa shape index (κ2) is 6.10. The lowest BCUT2D eigenvalue weighted by Crippen LogP contribution is -2.73. The standard InChI is InChI=1S/C19H23N3O4/c1-12-13-6-4-5-7-15(13)26-16(12)18(24)22-10-19(11-22)9-21(3)14(8-25-19)17(23)20-2/h4-7,14H,8-11H2,1-3H3,(H,20,23)/t14-/m1/s1. The molecule has 2 aromatic rings. The van der Waals surface area contributed by atoms with Gasteiger partial charge in [-0.3, -0.25) is 14.5 Å². The fourth-order valence-electron chi connectivity index (χ4n) is 3.94. The van der Waals surface area contributed by atoms with E-state index in [2.05, 4.69) is 5.32 Å². The number of nitrogens with zero attached hydrogens (tertiary/aromatic N) is 2. The molecule has 26 heavy (non-hydrogen) atoms. The molecule has 1 spiro atoms. The van der Waals surface area contributed by atoms with Gasteiger partial charge in [-0.25, -0.2) is 0 Å². The highest BCUT2D eigenvalue weighted by Crippen LogP contribution is 2.33. The van der Waals surface area contributed by atoms with E-state index >= 15 is 0 Å². The molecule has 0 aliphatic carbocycles. The van der Waals surface area contributed by atoms with Crippen LogP contribution in [-0.2, 0) is 9.53 Å². The largest absolute Gasteiger partial charge is 0.451 e. The fraction of sp³-hybridized carbons (Fsp3) is 0.474. The van der Waals surface area contributed by atoms with Gasteiger partial charge >= 0.3 is 0 Å². The van der Waals surface area contributed by atoms with Gasteiger partial charge < -0.3 is 19.4 Å². The molecule has 2 saturated heterocycles. The number of aryl methyl sites for hydroxylation is 1. The molecule has 0 saturated carbocycles. The van der Waals surface area contributed by atoms with Gasteiger partial charge in [0.2, 0.25) is 5.91 Å². The van der Waals surface area contributed by atoms with Crippen molar-refractivity contribution in [3.8, 4) is 0 Å². The third-order valence-corrected chi connectivity index (χ3v) is 5.45. The summed E-state index contributed by atoms with van der Waals surface area (Å²) in [6.07, 6.45) is 0. The number of amides is 2. The van der Waals surface area contributed by atoms with Gasteiger partial charge in [0, 0.05) is 24.5 Å². The Morgan fingerprint density at radius 2 is 1.96 bits per heavy atom. The van der Waals surface area contributed by atoms with Crippen molar-refractivity contribution in [2.45, 2.75) is 18.6 Å². The average Bonchev–Trinajstić information content (AvgIpc) is 2.95. The third-order valence-electron chi connectivity index (χ3n) is 5.45. The Morgan fingerprint density at radius 1 is 1.23 bits per heavy atom. The molecule has 7 nitrogen and oxygen atoms in total. The summed E-state index contributed by atoms with van der Waals surface area (Å²) in [7, 11) is 3.54. The van der Waals surface area contributed by atoms with Crippen LogP contribution in [0.2, 0.25) is 0 Å². The van der Waals surface area contributed by atoms with E-state index in [1.165, 1.54) is 0 Å². The number of carbonyl (C=O) groups excluding carboxylic acids is 2. The van der Waals surface area contributed by atoms with Crippen LogP contribution in [0.4, 0.5) is 0 Å². The van der Waals surface area contributed by atoms with Crippen LogP contribution in [0.15, 0.2) is 28.7 Å². The van der Waals surface area contributed by atoms with Crippen LogP contribution in [0.5, 0.6) is 0 Å². The van der Waals surface area contributed by atoms with Crippen molar-refractivity contribution in [2.75, 3.05) is 40.3 Å². The summed E-state index contributed by atoms with van der Waals surface area (Å²) in [4.78, 5) is 28.5. The fourth-order valence-corrected chi connectivity index (χ4v) is 3.94. The smallest absolute Gasteiger partial charge is 0.290 e. The molecule has 2 aliphatic heterocycles. The number of hydrogen-bond acceptors (Lipinski definition) is 5. The Balaban J connectivity index is 1.45. The van der Waals surface area contributed by atoms with Crippen LogP contribution in [0, 0.1) is 6.92 Å². The second-order valence-electron chi connectivity index (χ2n) is 7.25. The number of para-hydroxylation sites is 1. The molecule has 1 N–H and O–H groups in total. The number of rotatable bonds is 2. The molecule has 2 fully saturated rings. The molecule has 2 amide bonds. The molecular weight excluding hydrogens is 334 g/mol. The van der Waals surface area contributed by atoms with Gasteiger partial charge in [-0.05, 0) is 20.0 Å². The van der Waals surface area contributed by atoms with E-state index in [9.17, 15) is 9.59 Å². The van der Waals surface area contributed by atoms with Crippen LogP contribution in [0.3, 0.4) is 0 Å². The molecule has 1 aromatic heterocycles. The summed E-state index contributed by atoms with van der Waals surface area (Å²) in [6.45, 7) is 3.88. The number of benzene rings is 1. The van der Waals surface area contributed by atoms with Crippen molar-refractivity contribution in [1.82, 2.24) is 15.1 Å². The molecule has 1 atom stereocenters. The van der Waals surface area contributed by atoms with Crippen LogP contribution in [-0.4, -0.2) is 73.6 Å². The van der Waals surface area contributed by atoms with E-state index in [1.807, 2.05) is 43.1 Å². The number of ether oxygens (including phenoxy) is 1. The highest BCUT2D eigenvalue weighted by molar-refractivity contribution is 5.99. The zero-order valence-corrected chi connectivity index (χ0v) is 15.2. The number of likely N-dealkylation sites (N-methyl/N-ethyl adjacent to an activating group) is 2. The lowest BCUT2D eigenvalue weighted by atomic mass is 9.90. The average molecular weight is 357 g/mol. The first-order valence-corrected chi connectivity index (χ1v) is 8.77. The van der Waals surface area contributed by atoms with Crippen molar-refractivity contribution in [3.05, 3.63) is 35.6 Å². The van der Waals surface area contributed by atoms with E-state index in [4.69, 9.17) is 9.15 Å². The van der Waals surface area contributed by atoms with Crippen LogP contribution in [0.25, 0.3) is 11.0 Å². The van der Waals surface area contributed by atoms with Crippen LogP contribution < -0.4 is 5.32 Å². The van der Waals surface area contributed by atoms with E-state index in [0.717, 1.165) is 16.5 Å². The zero-order chi connectivity index (χ0) is 18.5. The Labute approximate surface area is 151 Å². The Hall–Kier alpha value is -2.38. The minimum atomic E-state index is -0.394. The topological polar surface area (TPSA) is 75.0 Å². The number of likely N-dealkylation sites (tertiary alicyclic amines) is 1. The van der Waals surface area contributed by atoms with E-state index in [0.29, 0.717) is 32.0 Å². The summed E-state index contributed by atoms with van der Waals surface area (Å²) in [5.74, 6) is 0.241. The summed E-state index contributed by atoms with van der Waals surface area (Å²) in [6, 6.07) is 7.38. The van der Waals surface area contributed by atoms with Crippen molar-refractivity contribution in [3.63, 3.8) is 0 Å². The van der Waals surface area contributed by atoms with Gasteiger partial charge in [0.25, 0.3) is 5.91 Å². The number of fused-ring (bicyclic) bond motifs is 1. The van der Waals surface area contributed by atoms with Gasteiger partial charge in [0.05, 0.1) is 19.7 Å². The van der Waals surface area contributed by atoms with E-state index in [-0.39, 0.29) is 17.9 Å². The van der Waals surface area contributed by atoms with Gasteiger partial charge in [0.15, 0.2) is 5.76 Å². The molecule has 1 aromatic carbocycles. The van der Waals surface area contributed by atoms with Crippen molar-refractivity contribution in [1.29, 1.82) is 0 Å². The predicted molar refractivity (Wildman–Crippen MR) is 96.0 cm³/mol. The third kappa shape index (κ3) is 2.59. The second-order valence-corrected chi connectivity index (χ2v) is 7.25. The summed E-state index contributed by atoms with van der Waals surface area (Å²) in [5, 5.41) is 3.62. The van der Waals surface area contributed by atoms with Crippen LogP contribution >= 0.6 is 0 Å². The van der Waals surface area contributed by atoms with Crippen molar-refractivity contribution >= 4 is 22.8 Å². The lowest BCUT2D eigenvalue weighted by Gasteiger charge is -2.54. The summed E-state index contributed by atoms with van der Waals surface area (Å²) < 4.78 is 11.8. The molecule has 3 heterocycles. The normalized spacial score (nSPS) is 22.4. The maximum absolute atomic E-state index is 12.8. The van der Waals surface area contributed by atoms with Gasteiger partial charge in [0.1, 0.15) is 17.2 Å². The molecular formula is C19H23N3O4. The number of nitrogens with one attached hydrogen (secondary N) is 1. The van der Waals surface area contributed by atoms with Crippen LogP contribution in [0.1, 0.15) is 16.1 Å². The molecule has 4 rings (SSSR count). The molecule has 7 heteroatoms. The highest BCUT2D eigenvalue weighted by Gasteiger charge is 2.51. The Bertz CT molecular complexity index is 869. The molecule has 0 bridgehead atoms. The zero-order valence-electron chi connectivity index (χ0n) is 15.2. The van der Waals surface area contributed by atoms with E-state index in [1.54, 1.807) is 11.9 Å². The van der Waals surface area contributed by atoms with Crippen molar-refractivity contribution < 1.29 is 18.7 Å². The van der Waals surface area contributed by atoms with E-state index < -0.39 is 5.60 Å². The molecule has 0 unspecified atom stereocenters. The summed E-state index contributed by atoms with van der Waals surface area (Å²) in [5.41, 5.74) is 1.20. The Kier molecular flexibility index (Phi) is 4.00. The van der Waals surface area contributed by atoms with Gasteiger partial charge in [-0.15, -0.1) is 0 Å². The lowest BCUT2D eigenvalue weighted by molar-refractivity contribution is -0.187. The first kappa shape index (κ1) is 17.1. The summed E-state index contributed by atoms with van der Waals surface area (Å²) >= 11 is 0. The number of carbonyl (C=O) groups is 2. The molecule has 138 valence electrons. The maximum atomic E-state index is 12.8. The van der Waals surface area contributed by atoms with Gasteiger partial charge in [-0.2, -0.15) is 0 Å². The number of morpholine rings is 1. The monoisotopic (exact) mass is 357 g/mol. The first-order chi connectivity index (χ1) is 12.4. The Morgan fingerprint density at radius 3 is 2.62 bits per heavy atom. The molecule has 2 aliphatic rings. The van der Waals surface area contributed by atoms with Crippen molar-refractivity contribution in [2.24, 2.45) is 0 Å². The predicted octanol–water partition coefficient (Wildman–Crippen LogP) is 1.01. The van der Waals surface area contributed by atoms with Gasteiger partial charge in [-0.1, -0.05) is 18.2 Å². The number of hydrogen-bond donors (Lipinski definition) is 1. The SMILES string of the molecule is CNC(=O)[C@H]1COC2(CN(C(=O)c3oc4ccccc4c3C)C2)CN1C. The number of furan rings is 1. The maximum Gasteiger partial charge on any atom is 0.290 e. The minimum Gasteiger partial charge on any atom is -0.451 e.